The van der Waals surface area contributed by atoms with Crippen LogP contribution in [0.4, 0.5) is 11.4 Å². The number of sulfonamides is 1. The van der Waals surface area contributed by atoms with E-state index in [2.05, 4.69) is 15.0 Å². The fourth-order valence-electron chi connectivity index (χ4n) is 1.73. The Labute approximate surface area is 124 Å². The van der Waals surface area contributed by atoms with Crippen LogP contribution in [-0.4, -0.2) is 27.1 Å². The summed E-state index contributed by atoms with van der Waals surface area (Å²) < 4.78 is 31.9. The molecule has 0 radical (unpaired) electrons. The Balaban J connectivity index is 2.16. The molecule has 0 saturated carbocycles. The molecule has 0 spiro atoms. The average Bonchev–Trinajstić information content (AvgIpc) is 2.48. The van der Waals surface area contributed by atoms with Crippen molar-refractivity contribution in [3.05, 3.63) is 42.6 Å². The molecule has 0 aliphatic heterocycles. The van der Waals surface area contributed by atoms with Crippen molar-refractivity contribution >= 4 is 21.4 Å². The van der Waals surface area contributed by atoms with Crippen molar-refractivity contribution in [2.24, 2.45) is 0 Å². The van der Waals surface area contributed by atoms with E-state index in [0.29, 0.717) is 11.6 Å². The zero-order chi connectivity index (χ0) is 15.3. The van der Waals surface area contributed by atoms with Crippen molar-refractivity contribution < 1.29 is 13.2 Å². The molecule has 21 heavy (non-hydrogen) atoms. The number of hydrogen-bond donors (Lipinski definition) is 2. The van der Waals surface area contributed by atoms with Gasteiger partial charge in [0.15, 0.2) is 0 Å². The molecule has 112 valence electrons. The van der Waals surface area contributed by atoms with Gasteiger partial charge in [0.25, 0.3) is 10.0 Å². The highest BCUT2D eigenvalue weighted by Gasteiger charge is 2.14. The first kappa shape index (κ1) is 15.1. The van der Waals surface area contributed by atoms with Gasteiger partial charge in [-0.05, 0) is 37.3 Å². The summed E-state index contributed by atoms with van der Waals surface area (Å²) in [6, 6.07) is 9.74. The van der Waals surface area contributed by atoms with Crippen LogP contribution in [0.5, 0.6) is 5.88 Å². The minimum atomic E-state index is -3.62. The van der Waals surface area contributed by atoms with Crippen LogP contribution in [0.15, 0.2) is 47.5 Å². The van der Waals surface area contributed by atoms with Gasteiger partial charge < -0.3 is 10.1 Å². The summed E-state index contributed by atoms with van der Waals surface area (Å²) in [7, 11) is -2.13. The molecule has 0 unspecified atom stereocenters. The van der Waals surface area contributed by atoms with Gasteiger partial charge in [-0.15, -0.1) is 0 Å². The predicted octanol–water partition coefficient (Wildman–Crippen LogP) is 2.32. The highest BCUT2D eigenvalue weighted by atomic mass is 32.2. The van der Waals surface area contributed by atoms with Crippen LogP contribution in [0.25, 0.3) is 0 Å². The molecule has 0 aliphatic carbocycles. The standard InChI is InChI=1S/C14H17N3O3S/c1-3-15-11-4-7-13(8-5-11)21(18,19)17-12-6-9-14(20-2)16-10-12/h4-10,15,17H,3H2,1-2H3. The number of hydrogen-bond acceptors (Lipinski definition) is 5. The third-order valence-electron chi connectivity index (χ3n) is 2.74. The largest absolute Gasteiger partial charge is 0.481 e. The normalized spacial score (nSPS) is 11.0. The second-order valence-electron chi connectivity index (χ2n) is 4.25. The highest BCUT2D eigenvalue weighted by molar-refractivity contribution is 7.92. The summed E-state index contributed by atoms with van der Waals surface area (Å²) in [4.78, 5) is 4.15. The first-order valence-electron chi connectivity index (χ1n) is 6.42. The molecule has 0 fully saturated rings. The fourth-order valence-corrected chi connectivity index (χ4v) is 2.77. The van der Waals surface area contributed by atoms with E-state index >= 15 is 0 Å². The second kappa shape index (κ2) is 6.45. The van der Waals surface area contributed by atoms with Crippen LogP contribution in [0.1, 0.15) is 6.92 Å². The van der Waals surface area contributed by atoms with Crippen LogP contribution in [-0.2, 0) is 10.0 Å². The molecule has 0 saturated heterocycles. The molecule has 0 aliphatic rings. The van der Waals surface area contributed by atoms with Gasteiger partial charge in [-0.1, -0.05) is 0 Å². The summed E-state index contributed by atoms with van der Waals surface area (Å²) in [5, 5.41) is 3.11. The van der Waals surface area contributed by atoms with Crippen molar-refractivity contribution in [1.29, 1.82) is 0 Å². The van der Waals surface area contributed by atoms with Crippen LogP contribution in [0, 0.1) is 0 Å². The summed E-state index contributed by atoms with van der Waals surface area (Å²) >= 11 is 0. The Morgan fingerprint density at radius 2 is 1.76 bits per heavy atom. The zero-order valence-electron chi connectivity index (χ0n) is 11.8. The quantitative estimate of drug-likeness (QED) is 0.856. The number of methoxy groups -OCH3 is 1. The Hall–Kier alpha value is -2.28. The van der Waals surface area contributed by atoms with E-state index in [-0.39, 0.29) is 4.90 Å². The van der Waals surface area contributed by atoms with E-state index in [1.807, 2.05) is 6.92 Å². The molecule has 2 aromatic rings. The van der Waals surface area contributed by atoms with Gasteiger partial charge in [-0.3, -0.25) is 4.72 Å². The smallest absolute Gasteiger partial charge is 0.261 e. The minimum Gasteiger partial charge on any atom is -0.481 e. The fraction of sp³-hybridized carbons (Fsp3) is 0.214. The van der Waals surface area contributed by atoms with E-state index in [0.717, 1.165) is 12.2 Å². The lowest BCUT2D eigenvalue weighted by Crippen LogP contribution is -2.13. The molecular formula is C14H17N3O3S. The predicted molar refractivity (Wildman–Crippen MR) is 82.2 cm³/mol. The average molecular weight is 307 g/mol. The Kier molecular flexibility index (Phi) is 4.64. The molecule has 1 aromatic heterocycles. The SMILES string of the molecule is CCNc1ccc(S(=O)(=O)Nc2ccc(OC)nc2)cc1. The van der Waals surface area contributed by atoms with Gasteiger partial charge in [0.05, 0.1) is 23.9 Å². The first-order valence-corrected chi connectivity index (χ1v) is 7.90. The van der Waals surface area contributed by atoms with Crippen molar-refractivity contribution in [2.75, 3.05) is 23.7 Å². The molecule has 1 heterocycles. The molecule has 6 nitrogen and oxygen atoms in total. The summed E-state index contributed by atoms with van der Waals surface area (Å²) in [5.41, 5.74) is 1.26. The molecule has 1 aromatic carbocycles. The molecular weight excluding hydrogens is 290 g/mol. The van der Waals surface area contributed by atoms with Crippen LogP contribution < -0.4 is 14.8 Å². The topological polar surface area (TPSA) is 80.3 Å². The van der Waals surface area contributed by atoms with Gasteiger partial charge >= 0.3 is 0 Å². The maximum absolute atomic E-state index is 12.2. The molecule has 7 heteroatoms. The van der Waals surface area contributed by atoms with Crippen molar-refractivity contribution in [3.63, 3.8) is 0 Å². The van der Waals surface area contributed by atoms with E-state index < -0.39 is 10.0 Å². The molecule has 2 N–H and O–H groups in total. The maximum atomic E-state index is 12.2. The first-order chi connectivity index (χ1) is 10.0. The van der Waals surface area contributed by atoms with E-state index in [1.54, 1.807) is 36.4 Å². The Morgan fingerprint density at radius 1 is 1.10 bits per heavy atom. The van der Waals surface area contributed by atoms with E-state index in [1.165, 1.54) is 13.3 Å². The van der Waals surface area contributed by atoms with Crippen molar-refractivity contribution in [2.45, 2.75) is 11.8 Å². The monoisotopic (exact) mass is 307 g/mol. The van der Waals surface area contributed by atoms with E-state index in [9.17, 15) is 8.42 Å². The summed E-state index contributed by atoms with van der Waals surface area (Å²) in [5.74, 6) is 0.424. The third kappa shape index (κ3) is 3.85. The molecule has 0 bridgehead atoms. The van der Waals surface area contributed by atoms with Gasteiger partial charge in [0, 0.05) is 18.3 Å². The van der Waals surface area contributed by atoms with Gasteiger partial charge in [0.2, 0.25) is 5.88 Å². The molecule has 0 atom stereocenters. The third-order valence-corrected chi connectivity index (χ3v) is 4.14. The number of aromatic nitrogens is 1. The number of ether oxygens (including phenoxy) is 1. The van der Waals surface area contributed by atoms with Crippen molar-refractivity contribution in [3.8, 4) is 5.88 Å². The van der Waals surface area contributed by atoms with E-state index in [4.69, 9.17) is 4.74 Å². The maximum Gasteiger partial charge on any atom is 0.261 e. The van der Waals surface area contributed by atoms with Crippen LogP contribution in [0.2, 0.25) is 0 Å². The highest BCUT2D eigenvalue weighted by Crippen LogP contribution is 2.18. The molecule has 0 amide bonds. The lowest BCUT2D eigenvalue weighted by Gasteiger charge is -2.09. The summed E-state index contributed by atoms with van der Waals surface area (Å²) in [6.45, 7) is 2.75. The van der Waals surface area contributed by atoms with Crippen LogP contribution >= 0.6 is 0 Å². The Morgan fingerprint density at radius 3 is 2.29 bits per heavy atom. The molecule has 2 rings (SSSR count). The van der Waals surface area contributed by atoms with Gasteiger partial charge in [-0.25, -0.2) is 13.4 Å². The Bertz CT molecular complexity index is 682. The second-order valence-corrected chi connectivity index (χ2v) is 5.93. The van der Waals surface area contributed by atoms with Crippen molar-refractivity contribution in [1.82, 2.24) is 4.98 Å². The number of anilines is 2. The lowest BCUT2D eigenvalue weighted by atomic mass is 10.3. The summed E-state index contributed by atoms with van der Waals surface area (Å²) in [6.07, 6.45) is 1.41. The zero-order valence-corrected chi connectivity index (χ0v) is 12.6. The number of nitrogens with zero attached hydrogens (tertiary/aromatic N) is 1. The number of benzene rings is 1. The van der Waals surface area contributed by atoms with Gasteiger partial charge in [-0.2, -0.15) is 0 Å². The number of rotatable bonds is 6. The van der Waals surface area contributed by atoms with Crippen LogP contribution in [0.3, 0.4) is 0 Å². The minimum absolute atomic E-state index is 0.194. The van der Waals surface area contributed by atoms with Gasteiger partial charge in [0.1, 0.15) is 0 Å². The number of pyridine rings is 1. The number of nitrogens with one attached hydrogen (secondary N) is 2. The lowest BCUT2D eigenvalue weighted by molar-refractivity contribution is 0.398.